The highest BCUT2D eigenvalue weighted by Gasteiger charge is 2.16. The smallest absolute Gasteiger partial charge is 0.220 e. The molecule has 0 aliphatic rings. The van der Waals surface area contributed by atoms with Gasteiger partial charge in [-0.3, -0.25) is 14.9 Å². The number of amides is 1. The van der Waals surface area contributed by atoms with Gasteiger partial charge in [0.25, 0.3) is 0 Å². The number of nitrogens with one attached hydrogen (secondary N) is 2. The molecule has 2 N–H and O–H groups in total. The third-order valence-corrected chi connectivity index (χ3v) is 4.93. The van der Waals surface area contributed by atoms with Crippen molar-refractivity contribution >= 4 is 16.8 Å². The van der Waals surface area contributed by atoms with Crippen molar-refractivity contribution in [2.75, 3.05) is 20.6 Å². The van der Waals surface area contributed by atoms with Crippen molar-refractivity contribution in [3.05, 3.63) is 60.0 Å². The molecule has 0 saturated carbocycles. The predicted octanol–water partition coefficient (Wildman–Crippen LogP) is 2.74. The van der Waals surface area contributed by atoms with Gasteiger partial charge in [-0.25, -0.2) is 0 Å². The fourth-order valence-electron chi connectivity index (χ4n) is 3.18. The van der Waals surface area contributed by atoms with Crippen LogP contribution in [0.5, 0.6) is 0 Å². The first kappa shape index (κ1) is 19.0. The molecule has 6 heteroatoms. The highest BCUT2D eigenvalue weighted by atomic mass is 16.1. The van der Waals surface area contributed by atoms with Gasteiger partial charge in [0, 0.05) is 42.2 Å². The number of fused-ring (bicyclic) bond motifs is 1. The number of carbonyl (C=O) groups is 1. The summed E-state index contributed by atoms with van der Waals surface area (Å²) in [5, 5.41) is 11.2. The molecule has 2 unspecified atom stereocenters. The van der Waals surface area contributed by atoms with Crippen molar-refractivity contribution in [3.63, 3.8) is 0 Å². The van der Waals surface area contributed by atoms with Gasteiger partial charge in [-0.1, -0.05) is 19.1 Å². The molecule has 1 aromatic carbocycles. The van der Waals surface area contributed by atoms with E-state index < -0.39 is 0 Å². The molecule has 0 bridgehead atoms. The molecular weight excluding hydrogens is 338 g/mol. The van der Waals surface area contributed by atoms with Gasteiger partial charge >= 0.3 is 0 Å². The SMILES string of the molecule is CC(CC(=O)NCC(Cc1ccc2[nH]ncc2c1)N(C)C)c1ccccn1. The maximum Gasteiger partial charge on any atom is 0.220 e. The quantitative estimate of drug-likeness (QED) is 0.644. The molecule has 0 saturated heterocycles. The van der Waals surface area contributed by atoms with E-state index in [4.69, 9.17) is 0 Å². The van der Waals surface area contributed by atoms with Crippen molar-refractivity contribution in [2.24, 2.45) is 0 Å². The number of nitrogens with zero attached hydrogens (tertiary/aromatic N) is 3. The second kappa shape index (κ2) is 8.77. The molecule has 142 valence electrons. The molecule has 27 heavy (non-hydrogen) atoms. The fraction of sp³-hybridized carbons (Fsp3) is 0.381. The van der Waals surface area contributed by atoms with Gasteiger partial charge in [-0.05, 0) is 50.3 Å². The Morgan fingerprint density at radius 3 is 2.85 bits per heavy atom. The number of benzene rings is 1. The Labute approximate surface area is 160 Å². The van der Waals surface area contributed by atoms with Crippen LogP contribution in [-0.2, 0) is 11.2 Å². The van der Waals surface area contributed by atoms with Gasteiger partial charge in [-0.15, -0.1) is 0 Å². The van der Waals surface area contributed by atoms with Crippen LogP contribution in [0.4, 0.5) is 0 Å². The standard InChI is InChI=1S/C21H27N5O/c1-15(19-6-4-5-9-22-19)10-21(27)23-14-18(26(2)3)12-16-7-8-20-17(11-16)13-24-25-20/h4-9,11,13,15,18H,10,12,14H2,1-3H3,(H,23,27)(H,24,25). The molecule has 2 aromatic heterocycles. The first-order valence-corrected chi connectivity index (χ1v) is 9.29. The minimum atomic E-state index is 0.0605. The summed E-state index contributed by atoms with van der Waals surface area (Å²) >= 11 is 0. The normalized spacial score (nSPS) is 13.6. The van der Waals surface area contributed by atoms with Crippen LogP contribution in [0.2, 0.25) is 0 Å². The van der Waals surface area contributed by atoms with Crippen LogP contribution in [0.15, 0.2) is 48.8 Å². The first-order chi connectivity index (χ1) is 13.0. The molecule has 2 atom stereocenters. The highest BCUT2D eigenvalue weighted by molar-refractivity contribution is 5.78. The van der Waals surface area contributed by atoms with Gasteiger partial charge in [0.1, 0.15) is 0 Å². The topological polar surface area (TPSA) is 73.9 Å². The Hall–Kier alpha value is -2.73. The van der Waals surface area contributed by atoms with E-state index in [9.17, 15) is 4.79 Å². The molecule has 0 aliphatic heterocycles. The Bertz CT molecular complexity index is 874. The van der Waals surface area contributed by atoms with E-state index in [0.29, 0.717) is 13.0 Å². The number of likely N-dealkylation sites (N-methyl/N-ethyl adjacent to an activating group) is 1. The zero-order chi connectivity index (χ0) is 19.2. The Morgan fingerprint density at radius 1 is 1.26 bits per heavy atom. The molecule has 3 rings (SSSR count). The van der Waals surface area contributed by atoms with Crippen LogP contribution in [0.1, 0.15) is 30.5 Å². The minimum absolute atomic E-state index is 0.0605. The summed E-state index contributed by atoms with van der Waals surface area (Å²) in [6.45, 7) is 2.65. The summed E-state index contributed by atoms with van der Waals surface area (Å²) in [6.07, 6.45) is 4.91. The van der Waals surface area contributed by atoms with Crippen LogP contribution in [-0.4, -0.2) is 52.7 Å². The summed E-state index contributed by atoms with van der Waals surface area (Å²) < 4.78 is 0. The lowest BCUT2D eigenvalue weighted by Crippen LogP contribution is -2.41. The predicted molar refractivity (Wildman–Crippen MR) is 108 cm³/mol. The molecule has 1 amide bonds. The lowest BCUT2D eigenvalue weighted by Gasteiger charge is -2.25. The maximum atomic E-state index is 12.4. The van der Waals surface area contributed by atoms with Crippen LogP contribution in [0.25, 0.3) is 10.9 Å². The van der Waals surface area contributed by atoms with Gasteiger partial charge in [0.15, 0.2) is 0 Å². The largest absolute Gasteiger partial charge is 0.355 e. The lowest BCUT2D eigenvalue weighted by atomic mass is 10.0. The number of H-pyrrole nitrogens is 1. The van der Waals surface area contributed by atoms with Gasteiger partial charge in [0.05, 0.1) is 11.7 Å². The van der Waals surface area contributed by atoms with Crippen molar-refractivity contribution in [1.82, 2.24) is 25.4 Å². The fourth-order valence-corrected chi connectivity index (χ4v) is 3.18. The van der Waals surface area contributed by atoms with E-state index in [0.717, 1.165) is 23.0 Å². The second-order valence-corrected chi connectivity index (χ2v) is 7.28. The monoisotopic (exact) mass is 365 g/mol. The summed E-state index contributed by atoms with van der Waals surface area (Å²) in [5.74, 6) is 0.165. The number of hydrogen-bond donors (Lipinski definition) is 2. The van der Waals surface area contributed by atoms with E-state index in [2.05, 4.69) is 43.6 Å². The van der Waals surface area contributed by atoms with Crippen molar-refractivity contribution in [1.29, 1.82) is 0 Å². The summed E-state index contributed by atoms with van der Waals surface area (Å²) in [6, 6.07) is 12.4. The number of rotatable bonds is 8. The van der Waals surface area contributed by atoms with E-state index >= 15 is 0 Å². The number of aromatic nitrogens is 3. The number of hydrogen-bond acceptors (Lipinski definition) is 4. The number of pyridine rings is 1. The van der Waals surface area contributed by atoms with E-state index in [1.807, 2.05) is 45.4 Å². The van der Waals surface area contributed by atoms with Gasteiger partial charge in [0.2, 0.25) is 5.91 Å². The average Bonchev–Trinajstić information content (AvgIpc) is 3.13. The van der Waals surface area contributed by atoms with E-state index in [1.54, 1.807) is 6.20 Å². The summed E-state index contributed by atoms with van der Waals surface area (Å²) in [7, 11) is 4.09. The molecule has 3 aromatic rings. The zero-order valence-electron chi connectivity index (χ0n) is 16.1. The summed E-state index contributed by atoms with van der Waals surface area (Å²) in [4.78, 5) is 18.9. The highest BCUT2D eigenvalue weighted by Crippen LogP contribution is 2.17. The van der Waals surface area contributed by atoms with Crippen molar-refractivity contribution in [3.8, 4) is 0 Å². The number of aromatic amines is 1. The Kier molecular flexibility index (Phi) is 6.19. The lowest BCUT2D eigenvalue weighted by molar-refractivity contribution is -0.121. The van der Waals surface area contributed by atoms with Crippen LogP contribution < -0.4 is 5.32 Å². The van der Waals surface area contributed by atoms with Crippen molar-refractivity contribution < 1.29 is 4.79 Å². The zero-order valence-corrected chi connectivity index (χ0v) is 16.1. The number of carbonyl (C=O) groups excluding carboxylic acids is 1. The van der Waals surface area contributed by atoms with E-state index in [-0.39, 0.29) is 17.9 Å². The molecule has 2 heterocycles. The van der Waals surface area contributed by atoms with E-state index in [1.165, 1.54) is 5.56 Å². The average molecular weight is 365 g/mol. The molecule has 0 aliphatic carbocycles. The molecule has 0 spiro atoms. The van der Waals surface area contributed by atoms with Crippen LogP contribution in [0, 0.1) is 0 Å². The summed E-state index contributed by atoms with van der Waals surface area (Å²) in [5.41, 5.74) is 3.22. The molecule has 6 nitrogen and oxygen atoms in total. The van der Waals surface area contributed by atoms with Crippen LogP contribution >= 0.6 is 0 Å². The van der Waals surface area contributed by atoms with Gasteiger partial charge in [-0.2, -0.15) is 5.10 Å². The Balaban J connectivity index is 1.55. The molecular formula is C21H27N5O. The maximum absolute atomic E-state index is 12.4. The van der Waals surface area contributed by atoms with Gasteiger partial charge < -0.3 is 10.2 Å². The third-order valence-electron chi connectivity index (χ3n) is 4.93. The molecule has 0 radical (unpaired) electrons. The van der Waals surface area contributed by atoms with Crippen LogP contribution in [0.3, 0.4) is 0 Å². The third kappa shape index (κ3) is 5.14. The molecule has 0 fully saturated rings. The van der Waals surface area contributed by atoms with Crippen molar-refractivity contribution in [2.45, 2.75) is 31.7 Å². The second-order valence-electron chi connectivity index (χ2n) is 7.28. The minimum Gasteiger partial charge on any atom is -0.355 e. The Morgan fingerprint density at radius 2 is 2.11 bits per heavy atom. The first-order valence-electron chi connectivity index (χ1n) is 9.29.